The van der Waals surface area contributed by atoms with E-state index in [0.29, 0.717) is 23.0 Å². The summed E-state index contributed by atoms with van der Waals surface area (Å²) in [4.78, 5) is 3.90. The fraction of sp³-hybridized carbons (Fsp3) is 0.167. The Morgan fingerprint density at radius 1 is 1.13 bits per heavy atom. The van der Waals surface area contributed by atoms with Crippen molar-refractivity contribution in [1.29, 1.82) is 5.26 Å². The molecule has 4 aromatic rings. The largest absolute Gasteiger partial charge is 0.412 e. The van der Waals surface area contributed by atoms with Gasteiger partial charge in [-0.05, 0) is 36.8 Å². The summed E-state index contributed by atoms with van der Waals surface area (Å²) in [6.45, 7) is 2.36. The monoisotopic (exact) mass is 420 g/mol. The van der Waals surface area contributed by atoms with Crippen molar-refractivity contribution < 1.29 is 13.2 Å². The van der Waals surface area contributed by atoms with Crippen molar-refractivity contribution in [1.82, 2.24) is 9.55 Å². The zero-order chi connectivity index (χ0) is 22.0. The first-order chi connectivity index (χ1) is 14.8. The topological polar surface area (TPSA) is 53.6 Å². The molecule has 1 atom stereocenters. The fourth-order valence-electron chi connectivity index (χ4n) is 3.71. The second kappa shape index (κ2) is 8.15. The molecular formula is C24H19F3N4. The van der Waals surface area contributed by atoms with E-state index in [2.05, 4.69) is 16.4 Å². The molecule has 0 radical (unpaired) electrons. The number of alkyl halides is 3. The number of pyridine rings is 1. The van der Waals surface area contributed by atoms with Crippen LogP contribution in [-0.4, -0.2) is 15.7 Å². The average molecular weight is 420 g/mol. The lowest BCUT2D eigenvalue weighted by Crippen LogP contribution is -2.27. The molecule has 2 aromatic carbocycles. The van der Waals surface area contributed by atoms with Crippen LogP contribution in [0.2, 0.25) is 0 Å². The maximum atomic E-state index is 14.1. The first-order valence-electron chi connectivity index (χ1n) is 9.67. The van der Waals surface area contributed by atoms with E-state index in [1.807, 2.05) is 31.2 Å². The highest BCUT2D eigenvalue weighted by Gasteiger charge is 2.42. The zero-order valence-corrected chi connectivity index (χ0v) is 16.7. The number of hydrogen-bond donors (Lipinski definition) is 1. The summed E-state index contributed by atoms with van der Waals surface area (Å²) >= 11 is 0. The molecule has 0 saturated heterocycles. The molecule has 156 valence electrons. The molecule has 0 spiro atoms. The predicted octanol–water partition coefficient (Wildman–Crippen LogP) is 5.98. The van der Waals surface area contributed by atoms with Crippen molar-refractivity contribution in [3.63, 3.8) is 0 Å². The maximum Gasteiger partial charge on any atom is 0.412 e. The third-order valence-electron chi connectivity index (χ3n) is 5.09. The molecule has 2 heterocycles. The molecular weight excluding hydrogens is 401 g/mol. The standard InChI is InChI=1S/C24H19F3N4/c1-16-4-2-5-18(10-16)14-31-15-21(20-8-7-17(12-28)11-22(20)31)23(24(25,26)27)30-19-6-3-9-29-13-19/h2-11,13,15,23,30H,14H2,1H3. The van der Waals surface area contributed by atoms with Gasteiger partial charge in [0.1, 0.15) is 0 Å². The highest BCUT2D eigenvalue weighted by molar-refractivity contribution is 5.86. The third-order valence-corrected chi connectivity index (χ3v) is 5.09. The van der Waals surface area contributed by atoms with Gasteiger partial charge in [0, 0.05) is 41.6 Å². The van der Waals surface area contributed by atoms with Crippen LogP contribution in [-0.2, 0) is 6.54 Å². The van der Waals surface area contributed by atoms with Gasteiger partial charge in [0.2, 0.25) is 0 Å². The van der Waals surface area contributed by atoms with Crippen molar-refractivity contribution >= 4 is 16.6 Å². The van der Waals surface area contributed by atoms with Gasteiger partial charge in [0.15, 0.2) is 6.04 Å². The average Bonchev–Trinajstić information content (AvgIpc) is 3.09. The van der Waals surface area contributed by atoms with Gasteiger partial charge < -0.3 is 9.88 Å². The number of aryl methyl sites for hydroxylation is 1. The second-order valence-electron chi connectivity index (χ2n) is 7.41. The number of anilines is 1. The summed E-state index contributed by atoms with van der Waals surface area (Å²) in [5, 5.41) is 12.3. The normalized spacial score (nSPS) is 12.5. The number of benzene rings is 2. The Balaban J connectivity index is 1.85. The summed E-state index contributed by atoms with van der Waals surface area (Å²) in [7, 11) is 0. The zero-order valence-electron chi connectivity index (χ0n) is 16.7. The van der Waals surface area contributed by atoms with Gasteiger partial charge in [0.25, 0.3) is 0 Å². The van der Waals surface area contributed by atoms with Crippen molar-refractivity contribution in [2.24, 2.45) is 0 Å². The highest BCUT2D eigenvalue weighted by atomic mass is 19.4. The molecule has 7 heteroatoms. The molecule has 0 bridgehead atoms. The van der Waals surface area contributed by atoms with Crippen LogP contribution < -0.4 is 5.32 Å². The molecule has 0 saturated carbocycles. The first kappa shape index (κ1) is 20.5. The van der Waals surface area contributed by atoms with Crippen LogP contribution >= 0.6 is 0 Å². The van der Waals surface area contributed by atoms with E-state index >= 15 is 0 Å². The number of halogens is 3. The van der Waals surface area contributed by atoms with Crippen molar-refractivity contribution in [2.75, 3.05) is 5.32 Å². The highest BCUT2D eigenvalue weighted by Crippen LogP contribution is 2.40. The minimum Gasteiger partial charge on any atom is -0.369 e. The summed E-state index contributed by atoms with van der Waals surface area (Å²) < 4.78 is 44.1. The molecule has 4 nitrogen and oxygen atoms in total. The maximum absolute atomic E-state index is 14.1. The molecule has 0 aliphatic rings. The number of fused-ring (bicyclic) bond motifs is 1. The van der Waals surface area contributed by atoms with Crippen LogP contribution in [0.15, 0.2) is 73.2 Å². The smallest absolute Gasteiger partial charge is 0.369 e. The Morgan fingerprint density at radius 2 is 1.97 bits per heavy atom. The number of nitrogens with one attached hydrogen (secondary N) is 1. The first-order valence-corrected chi connectivity index (χ1v) is 9.67. The summed E-state index contributed by atoms with van der Waals surface area (Å²) in [6.07, 6.45) is -0.148. The van der Waals surface area contributed by atoms with E-state index in [4.69, 9.17) is 0 Å². The van der Waals surface area contributed by atoms with E-state index < -0.39 is 12.2 Å². The van der Waals surface area contributed by atoms with Crippen molar-refractivity contribution in [2.45, 2.75) is 25.7 Å². The number of aromatic nitrogens is 2. The van der Waals surface area contributed by atoms with Gasteiger partial charge in [-0.15, -0.1) is 0 Å². The molecule has 1 N–H and O–H groups in total. The Morgan fingerprint density at radius 3 is 2.65 bits per heavy atom. The fourth-order valence-corrected chi connectivity index (χ4v) is 3.71. The minimum absolute atomic E-state index is 0.100. The SMILES string of the molecule is Cc1cccc(Cn2cc(C(Nc3cccnc3)C(F)(F)F)c3ccc(C#N)cc32)c1. The Hall–Kier alpha value is -3.79. The van der Waals surface area contributed by atoms with Crippen LogP contribution in [0.5, 0.6) is 0 Å². The lowest BCUT2D eigenvalue weighted by atomic mass is 10.0. The number of rotatable bonds is 5. The molecule has 0 aliphatic heterocycles. The van der Waals surface area contributed by atoms with Crippen molar-refractivity contribution in [3.05, 3.63) is 95.4 Å². The van der Waals surface area contributed by atoms with E-state index in [0.717, 1.165) is 11.1 Å². The predicted molar refractivity (Wildman–Crippen MR) is 114 cm³/mol. The van der Waals surface area contributed by atoms with Gasteiger partial charge >= 0.3 is 6.18 Å². The second-order valence-corrected chi connectivity index (χ2v) is 7.41. The summed E-state index contributed by atoms with van der Waals surface area (Å²) in [5.74, 6) is 0. The third kappa shape index (κ3) is 4.38. The molecule has 1 unspecified atom stereocenters. The minimum atomic E-state index is -4.54. The van der Waals surface area contributed by atoms with Gasteiger partial charge in [-0.3, -0.25) is 4.98 Å². The number of nitrogens with zero attached hydrogens (tertiary/aromatic N) is 3. The molecule has 0 amide bonds. The van der Waals surface area contributed by atoms with E-state index in [1.54, 1.807) is 34.9 Å². The van der Waals surface area contributed by atoms with Crippen LogP contribution in [0.1, 0.15) is 28.3 Å². The van der Waals surface area contributed by atoms with E-state index in [1.165, 1.54) is 18.6 Å². The Bertz CT molecular complexity index is 1250. The number of hydrogen-bond acceptors (Lipinski definition) is 3. The molecule has 31 heavy (non-hydrogen) atoms. The van der Waals surface area contributed by atoms with Crippen LogP contribution in [0.25, 0.3) is 10.9 Å². The lowest BCUT2D eigenvalue weighted by Gasteiger charge is -2.22. The Labute approximate surface area is 177 Å². The Kier molecular flexibility index (Phi) is 5.38. The molecule has 4 rings (SSSR count). The lowest BCUT2D eigenvalue weighted by molar-refractivity contribution is -0.143. The molecule has 2 aromatic heterocycles. The van der Waals surface area contributed by atoms with Crippen molar-refractivity contribution in [3.8, 4) is 6.07 Å². The van der Waals surface area contributed by atoms with Crippen LogP contribution in [0.3, 0.4) is 0 Å². The quantitative estimate of drug-likeness (QED) is 0.432. The summed E-state index contributed by atoms with van der Waals surface area (Å²) in [6, 6.07) is 15.8. The van der Waals surface area contributed by atoms with Gasteiger partial charge in [-0.25, -0.2) is 0 Å². The number of nitriles is 1. The molecule has 0 aliphatic carbocycles. The van der Waals surface area contributed by atoms with Gasteiger partial charge in [-0.2, -0.15) is 18.4 Å². The van der Waals surface area contributed by atoms with Crippen LogP contribution in [0, 0.1) is 18.3 Å². The van der Waals surface area contributed by atoms with Crippen LogP contribution in [0.4, 0.5) is 18.9 Å². The molecule has 0 fully saturated rings. The summed E-state index contributed by atoms with van der Waals surface area (Å²) in [5.41, 5.74) is 3.39. The van der Waals surface area contributed by atoms with Gasteiger partial charge in [0.05, 0.1) is 17.3 Å². The van der Waals surface area contributed by atoms with E-state index in [9.17, 15) is 18.4 Å². The van der Waals surface area contributed by atoms with E-state index in [-0.39, 0.29) is 11.3 Å². The van der Waals surface area contributed by atoms with Gasteiger partial charge in [-0.1, -0.05) is 35.9 Å².